The summed E-state index contributed by atoms with van der Waals surface area (Å²) in [4.78, 5) is 24.6. The van der Waals surface area contributed by atoms with Gasteiger partial charge in [0.2, 0.25) is 5.88 Å². The van der Waals surface area contributed by atoms with E-state index in [0.29, 0.717) is 0 Å². The van der Waals surface area contributed by atoms with Gasteiger partial charge in [-0.05, 0) is 49.9 Å². The molecule has 0 unspecified atom stereocenters. The van der Waals surface area contributed by atoms with Crippen LogP contribution in [0.4, 0.5) is 18.9 Å². The Balaban J connectivity index is 0.00000306. The van der Waals surface area contributed by atoms with Crippen molar-refractivity contribution >= 4 is 24.0 Å². The third kappa shape index (κ3) is 5.58. The Hall–Kier alpha value is -3.24. The lowest BCUT2D eigenvalue weighted by atomic mass is 9.94. The number of amides is 1. The zero-order valence-corrected chi connectivity index (χ0v) is 18.1. The molecule has 0 aliphatic heterocycles. The fraction of sp³-hybridized carbons (Fsp3) is 0.273. The van der Waals surface area contributed by atoms with Crippen molar-refractivity contribution in [3.63, 3.8) is 0 Å². The van der Waals surface area contributed by atoms with Gasteiger partial charge in [0.15, 0.2) is 0 Å². The Morgan fingerprint density at radius 2 is 1.73 bits per heavy atom. The van der Waals surface area contributed by atoms with Crippen LogP contribution in [-0.2, 0) is 0 Å². The molecule has 4 rings (SSSR count). The van der Waals surface area contributed by atoms with Gasteiger partial charge in [-0.25, -0.2) is 23.1 Å². The number of hydrogen-bond acceptors (Lipinski definition) is 6. The molecular formula is C22H21ClF3N5O2. The van der Waals surface area contributed by atoms with E-state index >= 15 is 0 Å². The standard InChI is InChI=1S/C22H20F3N5O2.ClH/c23-14-2-1-3-15(24)19(14)20-16(25)8-9-17(29-20)21(31)30-18-10-27-11-28-22(18)32-13-6-4-12(26)5-7-13;/h1-3,8-13H,4-7,26H2,(H,30,31);1H/t12-,13-;. The van der Waals surface area contributed by atoms with Crippen LogP contribution in [0.2, 0.25) is 0 Å². The van der Waals surface area contributed by atoms with Crippen molar-refractivity contribution in [3.05, 3.63) is 66.0 Å². The van der Waals surface area contributed by atoms with Crippen LogP contribution in [-0.4, -0.2) is 33.0 Å². The number of ether oxygens (including phenoxy) is 1. The Morgan fingerprint density at radius 1 is 1.03 bits per heavy atom. The van der Waals surface area contributed by atoms with Crippen molar-refractivity contribution in [2.24, 2.45) is 5.73 Å². The number of carbonyl (C=O) groups excluding carboxylic acids is 1. The van der Waals surface area contributed by atoms with E-state index in [2.05, 4.69) is 20.3 Å². The number of benzene rings is 1. The summed E-state index contributed by atoms with van der Waals surface area (Å²) in [5.41, 5.74) is 4.60. The first-order valence-corrected chi connectivity index (χ1v) is 10.1. The number of rotatable bonds is 5. The second-order valence-electron chi connectivity index (χ2n) is 7.47. The number of anilines is 1. The molecule has 0 saturated heterocycles. The number of nitrogens with two attached hydrogens (primary N) is 1. The zero-order chi connectivity index (χ0) is 22.7. The minimum Gasteiger partial charge on any atom is -0.473 e. The molecule has 1 aromatic carbocycles. The van der Waals surface area contributed by atoms with Gasteiger partial charge in [-0.15, -0.1) is 12.4 Å². The van der Waals surface area contributed by atoms with E-state index in [-0.39, 0.29) is 41.8 Å². The Bertz CT molecular complexity index is 1120. The van der Waals surface area contributed by atoms with Crippen LogP contribution in [0.3, 0.4) is 0 Å². The fourth-order valence-electron chi connectivity index (χ4n) is 3.52. The summed E-state index contributed by atoms with van der Waals surface area (Å²) in [6.45, 7) is 0. The fourth-order valence-corrected chi connectivity index (χ4v) is 3.52. The van der Waals surface area contributed by atoms with Crippen molar-refractivity contribution < 1.29 is 22.7 Å². The third-order valence-corrected chi connectivity index (χ3v) is 5.20. The second kappa shape index (κ2) is 10.6. The average molecular weight is 480 g/mol. The number of halogens is 4. The molecule has 3 aromatic rings. The van der Waals surface area contributed by atoms with E-state index in [1.807, 2.05) is 0 Å². The summed E-state index contributed by atoms with van der Waals surface area (Å²) in [7, 11) is 0. The summed E-state index contributed by atoms with van der Waals surface area (Å²) in [6, 6.07) is 5.30. The molecule has 174 valence electrons. The lowest BCUT2D eigenvalue weighted by Crippen LogP contribution is -2.32. The number of nitrogens with one attached hydrogen (secondary N) is 1. The van der Waals surface area contributed by atoms with Gasteiger partial charge in [0.05, 0.1) is 11.8 Å². The van der Waals surface area contributed by atoms with Gasteiger partial charge in [0.1, 0.15) is 47.0 Å². The van der Waals surface area contributed by atoms with Gasteiger partial charge in [-0.3, -0.25) is 4.79 Å². The van der Waals surface area contributed by atoms with Crippen LogP contribution in [0.5, 0.6) is 5.88 Å². The van der Waals surface area contributed by atoms with E-state index in [0.717, 1.165) is 56.0 Å². The smallest absolute Gasteiger partial charge is 0.274 e. The molecule has 1 saturated carbocycles. The lowest BCUT2D eigenvalue weighted by molar-refractivity contribution is 0.101. The highest BCUT2D eigenvalue weighted by Crippen LogP contribution is 2.29. The molecule has 33 heavy (non-hydrogen) atoms. The van der Waals surface area contributed by atoms with Gasteiger partial charge >= 0.3 is 0 Å². The maximum Gasteiger partial charge on any atom is 0.274 e. The van der Waals surface area contributed by atoms with Crippen LogP contribution >= 0.6 is 12.4 Å². The lowest BCUT2D eigenvalue weighted by Gasteiger charge is -2.26. The van der Waals surface area contributed by atoms with Crippen molar-refractivity contribution in [2.45, 2.75) is 37.8 Å². The second-order valence-corrected chi connectivity index (χ2v) is 7.47. The van der Waals surface area contributed by atoms with E-state index in [1.165, 1.54) is 12.5 Å². The Labute approximate surface area is 194 Å². The largest absolute Gasteiger partial charge is 0.473 e. The van der Waals surface area contributed by atoms with Gasteiger partial charge in [-0.1, -0.05) is 6.07 Å². The van der Waals surface area contributed by atoms with Gasteiger partial charge < -0.3 is 15.8 Å². The molecule has 7 nitrogen and oxygen atoms in total. The van der Waals surface area contributed by atoms with Gasteiger partial charge in [0.25, 0.3) is 5.91 Å². The predicted octanol–water partition coefficient (Wildman–Crippen LogP) is 4.28. The van der Waals surface area contributed by atoms with Crippen molar-refractivity contribution in [1.29, 1.82) is 0 Å². The Kier molecular flexibility index (Phi) is 7.83. The number of hydrogen-bond donors (Lipinski definition) is 2. The SMILES string of the molecule is Cl.N[C@H]1CC[C@H](Oc2ncncc2NC(=O)c2ccc(F)c(-c3c(F)cccc3F)n2)CC1. The van der Waals surface area contributed by atoms with Crippen molar-refractivity contribution in [1.82, 2.24) is 15.0 Å². The molecule has 1 amide bonds. The highest BCUT2D eigenvalue weighted by Gasteiger charge is 2.23. The maximum absolute atomic E-state index is 14.3. The molecule has 3 N–H and O–H groups in total. The first-order valence-electron chi connectivity index (χ1n) is 10.1. The number of nitrogens with zero attached hydrogens (tertiary/aromatic N) is 3. The average Bonchev–Trinajstić information content (AvgIpc) is 2.77. The molecule has 0 atom stereocenters. The molecule has 0 radical (unpaired) electrons. The number of aromatic nitrogens is 3. The highest BCUT2D eigenvalue weighted by molar-refractivity contribution is 6.03. The monoisotopic (exact) mass is 479 g/mol. The van der Waals surface area contributed by atoms with Gasteiger partial charge in [-0.2, -0.15) is 4.98 Å². The quantitative estimate of drug-likeness (QED) is 0.566. The zero-order valence-electron chi connectivity index (χ0n) is 17.3. The van der Waals surface area contributed by atoms with Gasteiger partial charge in [0, 0.05) is 6.04 Å². The minimum atomic E-state index is -0.992. The molecule has 2 aromatic heterocycles. The summed E-state index contributed by atoms with van der Waals surface area (Å²) >= 11 is 0. The molecular weight excluding hydrogens is 459 g/mol. The van der Waals surface area contributed by atoms with E-state index in [4.69, 9.17) is 10.5 Å². The van der Waals surface area contributed by atoms with E-state index in [9.17, 15) is 18.0 Å². The van der Waals surface area contributed by atoms with Crippen LogP contribution < -0.4 is 15.8 Å². The van der Waals surface area contributed by atoms with E-state index < -0.39 is 34.6 Å². The summed E-state index contributed by atoms with van der Waals surface area (Å²) in [5.74, 6) is -3.51. The van der Waals surface area contributed by atoms with Crippen molar-refractivity contribution in [3.8, 4) is 17.1 Å². The molecule has 1 aliphatic carbocycles. The molecule has 0 bridgehead atoms. The molecule has 0 spiro atoms. The summed E-state index contributed by atoms with van der Waals surface area (Å²) in [6.07, 6.45) is 5.72. The highest BCUT2D eigenvalue weighted by atomic mass is 35.5. The molecule has 1 fully saturated rings. The summed E-state index contributed by atoms with van der Waals surface area (Å²) in [5, 5.41) is 2.57. The maximum atomic E-state index is 14.3. The number of pyridine rings is 1. The number of carbonyl (C=O) groups is 1. The van der Waals surface area contributed by atoms with Crippen LogP contribution in [0.1, 0.15) is 36.2 Å². The topological polar surface area (TPSA) is 103 Å². The van der Waals surface area contributed by atoms with E-state index in [1.54, 1.807) is 0 Å². The Morgan fingerprint density at radius 3 is 2.42 bits per heavy atom. The third-order valence-electron chi connectivity index (χ3n) is 5.20. The first kappa shape index (κ1) is 24.4. The van der Waals surface area contributed by atoms with Crippen LogP contribution in [0.25, 0.3) is 11.3 Å². The minimum absolute atomic E-state index is 0. The first-order chi connectivity index (χ1) is 15.4. The normalized spacial score (nSPS) is 17.7. The van der Waals surface area contributed by atoms with Crippen molar-refractivity contribution in [2.75, 3.05) is 5.32 Å². The predicted molar refractivity (Wildman–Crippen MR) is 118 cm³/mol. The molecule has 1 aliphatic rings. The van der Waals surface area contributed by atoms with Crippen LogP contribution in [0, 0.1) is 17.5 Å². The molecule has 11 heteroatoms. The molecule has 2 heterocycles. The van der Waals surface area contributed by atoms with Crippen LogP contribution in [0.15, 0.2) is 42.9 Å². The summed E-state index contributed by atoms with van der Waals surface area (Å²) < 4.78 is 48.4.